The molecular formula is C20H27IN6S. The van der Waals surface area contributed by atoms with Gasteiger partial charge in [0.15, 0.2) is 11.8 Å². The van der Waals surface area contributed by atoms with Crippen molar-refractivity contribution in [3.63, 3.8) is 0 Å². The number of rotatable bonds is 7. The van der Waals surface area contributed by atoms with E-state index in [0.29, 0.717) is 13.1 Å². The van der Waals surface area contributed by atoms with Crippen molar-refractivity contribution in [1.29, 1.82) is 0 Å². The summed E-state index contributed by atoms with van der Waals surface area (Å²) < 4.78 is 1.98. The van der Waals surface area contributed by atoms with Gasteiger partial charge in [0.1, 0.15) is 5.82 Å². The number of halogens is 1. The van der Waals surface area contributed by atoms with Gasteiger partial charge in [-0.15, -0.1) is 45.5 Å². The molecule has 0 saturated carbocycles. The van der Waals surface area contributed by atoms with Crippen molar-refractivity contribution in [1.82, 2.24) is 25.4 Å². The van der Waals surface area contributed by atoms with Crippen molar-refractivity contribution in [2.45, 2.75) is 39.9 Å². The van der Waals surface area contributed by atoms with Crippen LogP contribution >= 0.6 is 35.3 Å². The summed E-state index contributed by atoms with van der Waals surface area (Å²) in [5.41, 5.74) is 2.59. The summed E-state index contributed by atoms with van der Waals surface area (Å²) in [7, 11) is 1.97. The summed E-state index contributed by atoms with van der Waals surface area (Å²) in [5.74, 6) is 2.55. The maximum Gasteiger partial charge on any atom is 0.192 e. The first-order valence-corrected chi connectivity index (χ1v) is 10.0. The second-order valence-corrected chi connectivity index (χ2v) is 7.33. The molecule has 0 atom stereocenters. The maximum absolute atomic E-state index is 4.80. The number of nitrogens with zero attached hydrogens (tertiary/aromatic N) is 4. The Labute approximate surface area is 187 Å². The molecule has 2 aromatic heterocycles. The van der Waals surface area contributed by atoms with Crippen molar-refractivity contribution < 1.29 is 0 Å². The molecule has 6 nitrogen and oxygen atoms in total. The minimum absolute atomic E-state index is 0. The minimum atomic E-state index is 0. The molecule has 0 saturated heterocycles. The molecule has 8 heteroatoms. The standard InChI is InChI=1S/C20H26N6S.HI/c1-4-16-8-5-6-9-17(16)12-21-20(22-13-18-10-7-11-27-18)23-14-19-25-24-15(2)26(19)3;/h5-11H,4,12-14H2,1-3H3,(H2,21,22,23);1H. The SMILES string of the molecule is CCc1ccccc1CN=C(NCc1cccs1)NCc1nnc(C)n1C.I. The van der Waals surface area contributed by atoms with Crippen LogP contribution in [0.25, 0.3) is 0 Å². The fraction of sp³-hybridized carbons (Fsp3) is 0.350. The number of guanidine groups is 1. The highest BCUT2D eigenvalue weighted by Gasteiger charge is 2.07. The Balaban J connectivity index is 0.00000280. The quantitative estimate of drug-likeness (QED) is 0.288. The van der Waals surface area contributed by atoms with E-state index >= 15 is 0 Å². The summed E-state index contributed by atoms with van der Waals surface area (Å²) >= 11 is 1.73. The van der Waals surface area contributed by atoms with Crippen LogP contribution in [-0.2, 0) is 33.1 Å². The van der Waals surface area contributed by atoms with Crippen LogP contribution in [0.4, 0.5) is 0 Å². The molecule has 0 amide bonds. The highest BCUT2D eigenvalue weighted by atomic mass is 127. The maximum atomic E-state index is 4.80. The van der Waals surface area contributed by atoms with Gasteiger partial charge in [-0.1, -0.05) is 37.3 Å². The third-order valence-corrected chi connectivity index (χ3v) is 5.39. The third-order valence-electron chi connectivity index (χ3n) is 4.51. The molecule has 0 unspecified atom stereocenters. The molecule has 3 rings (SSSR count). The Kier molecular flexibility index (Phi) is 8.91. The van der Waals surface area contributed by atoms with Gasteiger partial charge in [0.25, 0.3) is 0 Å². The van der Waals surface area contributed by atoms with Gasteiger partial charge in [0, 0.05) is 11.9 Å². The Bertz CT molecular complexity index is 888. The number of hydrogen-bond acceptors (Lipinski definition) is 4. The summed E-state index contributed by atoms with van der Waals surface area (Å²) in [5, 5.41) is 17.2. The fourth-order valence-corrected chi connectivity index (χ4v) is 3.39. The van der Waals surface area contributed by atoms with Crippen LogP contribution in [0.2, 0.25) is 0 Å². The van der Waals surface area contributed by atoms with Gasteiger partial charge in [-0.25, -0.2) is 4.99 Å². The highest BCUT2D eigenvalue weighted by Crippen LogP contribution is 2.11. The van der Waals surface area contributed by atoms with E-state index in [-0.39, 0.29) is 24.0 Å². The Morgan fingerprint density at radius 1 is 1.07 bits per heavy atom. The monoisotopic (exact) mass is 510 g/mol. The van der Waals surface area contributed by atoms with E-state index in [4.69, 9.17) is 4.99 Å². The zero-order valence-electron chi connectivity index (χ0n) is 16.5. The molecule has 1 aromatic carbocycles. The van der Waals surface area contributed by atoms with Gasteiger partial charge in [-0.2, -0.15) is 0 Å². The van der Waals surface area contributed by atoms with E-state index in [2.05, 4.69) is 69.5 Å². The molecule has 2 heterocycles. The Morgan fingerprint density at radius 2 is 1.82 bits per heavy atom. The van der Waals surface area contributed by atoms with Crippen molar-refractivity contribution in [2.24, 2.45) is 12.0 Å². The molecule has 0 aliphatic carbocycles. The summed E-state index contributed by atoms with van der Waals surface area (Å²) in [6, 6.07) is 12.6. The second kappa shape index (κ2) is 11.2. The van der Waals surface area contributed by atoms with Crippen molar-refractivity contribution in [3.8, 4) is 0 Å². The predicted molar refractivity (Wildman–Crippen MR) is 126 cm³/mol. The molecule has 150 valence electrons. The van der Waals surface area contributed by atoms with Gasteiger partial charge in [-0.05, 0) is 35.9 Å². The first-order chi connectivity index (χ1) is 13.2. The van der Waals surface area contributed by atoms with E-state index in [1.54, 1.807) is 11.3 Å². The fourth-order valence-electron chi connectivity index (χ4n) is 2.75. The van der Waals surface area contributed by atoms with E-state index in [1.165, 1.54) is 16.0 Å². The van der Waals surface area contributed by atoms with Crippen LogP contribution in [0, 0.1) is 6.92 Å². The molecule has 0 bridgehead atoms. The normalized spacial score (nSPS) is 11.2. The lowest BCUT2D eigenvalue weighted by Crippen LogP contribution is -2.37. The average Bonchev–Trinajstić information content (AvgIpc) is 3.32. The third kappa shape index (κ3) is 6.03. The van der Waals surface area contributed by atoms with E-state index < -0.39 is 0 Å². The molecule has 2 N–H and O–H groups in total. The van der Waals surface area contributed by atoms with E-state index in [9.17, 15) is 0 Å². The van der Waals surface area contributed by atoms with Crippen molar-refractivity contribution in [3.05, 3.63) is 69.4 Å². The first kappa shape index (κ1) is 22.4. The van der Waals surface area contributed by atoms with Crippen LogP contribution in [0.5, 0.6) is 0 Å². The minimum Gasteiger partial charge on any atom is -0.351 e. The van der Waals surface area contributed by atoms with Crippen LogP contribution in [-0.4, -0.2) is 20.7 Å². The smallest absolute Gasteiger partial charge is 0.192 e. The average molecular weight is 510 g/mol. The molecule has 0 aliphatic heterocycles. The molecule has 0 aliphatic rings. The summed E-state index contributed by atoms with van der Waals surface area (Å²) in [4.78, 5) is 6.07. The highest BCUT2D eigenvalue weighted by molar-refractivity contribution is 14.0. The van der Waals surface area contributed by atoms with Gasteiger partial charge < -0.3 is 15.2 Å². The predicted octanol–water partition coefficient (Wildman–Crippen LogP) is 3.80. The van der Waals surface area contributed by atoms with Gasteiger partial charge in [0.05, 0.1) is 19.6 Å². The number of aryl methyl sites for hydroxylation is 2. The number of aliphatic imine (C=N–C) groups is 1. The molecule has 0 fully saturated rings. The first-order valence-electron chi connectivity index (χ1n) is 9.13. The van der Waals surface area contributed by atoms with E-state index in [0.717, 1.165) is 30.6 Å². The Hall–Kier alpha value is -1.94. The molecule has 28 heavy (non-hydrogen) atoms. The summed E-state index contributed by atoms with van der Waals surface area (Å²) in [6.45, 7) is 6.08. The van der Waals surface area contributed by atoms with Crippen molar-refractivity contribution in [2.75, 3.05) is 0 Å². The number of nitrogens with one attached hydrogen (secondary N) is 2. The zero-order chi connectivity index (χ0) is 19.1. The lowest BCUT2D eigenvalue weighted by Gasteiger charge is -2.13. The number of hydrogen-bond donors (Lipinski definition) is 2. The summed E-state index contributed by atoms with van der Waals surface area (Å²) in [6.07, 6.45) is 1.01. The van der Waals surface area contributed by atoms with Crippen LogP contribution in [0.3, 0.4) is 0 Å². The van der Waals surface area contributed by atoms with Crippen LogP contribution < -0.4 is 10.6 Å². The number of aromatic nitrogens is 3. The molecule has 0 radical (unpaired) electrons. The number of thiophene rings is 1. The van der Waals surface area contributed by atoms with Gasteiger partial charge in [0.2, 0.25) is 0 Å². The number of benzene rings is 1. The second-order valence-electron chi connectivity index (χ2n) is 6.30. The molecular weight excluding hydrogens is 483 g/mol. The van der Waals surface area contributed by atoms with E-state index in [1.807, 2.05) is 18.5 Å². The largest absolute Gasteiger partial charge is 0.351 e. The lowest BCUT2D eigenvalue weighted by molar-refractivity contribution is 0.715. The lowest BCUT2D eigenvalue weighted by atomic mass is 10.1. The zero-order valence-corrected chi connectivity index (χ0v) is 19.6. The van der Waals surface area contributed by atoms with Gasteiger partial charge in [-0.3, -0.25) is 0 Å². The Morgan fingerprint density at radius 3 is 2.46 bits per heavy atom. The van der Waals surface area contributed by atoms with Gasteiger partial charge >= 0.3 is 0 Å². The van der Waals surface area contributed by atoms with Crippen LogP contribution in [0.1, 0.15) is 34.6 Å². The topological polar surface area (TPSA) is 67.1 Å². The molecule has 3 aromatic rings. The van der Waals surface area contributed by atoms with Crippen LogP contribution in [0.15, 0.2) is 46.8 Å². The van der Waals surface area contributed by atoms with Crippen molar-refractivity contribution >= 4 is 41.3 Å². The molecule has 0 spiro atoms.